The number of rotatable bonds is 6. The van der Waals surface area contributed by atoms with Crippen LogP contribution in [0, 0.1) is 47.3 Å². The number of hydrogen-bond acceptors (Lipinski definition) is 0. The van der Waals surface area contributed by atoms with Gasteiger partial charge >= 0.3 is 0 Å². The molecule has 29 heavy (non-hydrogen) atoms. The van der Waals surface area contributed by atoms with Gasteiger partial charge in [-0.25, -0.2) is 0 Å². The average molecular weight is 399 g/mol. The van der Waals surface area contributed by atoms with E-state index >= 15 is 0 Å². The molecule has 4 fully saturated rings. The van der Waals surface area contributed by atoms with Crippen molar-refractivity contribution in [3.8, 4) is 0 Å². The van der Waals surface area contributed by atoms with Crippen LogP contribution in [0.5, 0.6) is 0 Å². The molecule has 0 bridgehead atoms. The first-order valence-electron chi connectivity index (χ1n) is 13.9. The van der Waals surface area contributed by atoms with E-state index in [1.807, 2.05) is 0 Å². The molecule has 0 saturated heterocycles. The van der Waals surface area contributed by atoms with Gasteiger partial charge in [0.05, 0.1) is 0 Å². The Morgan fingerprint density at radius 2 is 0.966 bits per heavy atom. The van der Waals surface area contributed by atoms with Crippen molar-refractivity contribution in [3.05, 3.63) is 12.2 Å². The highest BCUT2D eigenvalue weighted by atomic mass is 14.4. The van der Waals surface area contributed by atoms with E-state index in [2.05, 4.69) is 26.0 Å². The van der Waals surface area contributed by atoms with Gasteiger partial charge in [0.2, 0.25) is 0 Å². The van der Waals surface area contributed by atoms with Gasteiger partial charge in [-0.1, -0.05) is 38.3 Å². The SMILES string of the molecule is C/C=C/C1CCC(C2CCC(C3CCC(C4CCC(CCC)C4)CC3)CC2)CC1. The molecular formula is C29H50. The summed E-state index contributed by atoms with van der Waals surface area (Å²) >= 11 is 0. The topological polar surface area (TPSA) is 0 Å². The lowest BCUT2D eigenvalue weighted by Crippen LogP contribution is -2.30. The third-order valence-corrected chi connectivity index (χ3v) is 10.2. The van der Waals surface area contributed by atoms with Gasteiger partial charge in [0.25, 0.3) is 0 Å². The van der Waals surface area contributed by atoms with Crippen LogP contribution in [0.3, 0.4) is 0 Å². The van der Waals surface area contributed by atoms with Gasteiger partial charge in [-0.15, -0.1) is 0 Å². The van der Waals surface area contributed by atoms with Crippen LogP contribution in [0.4, 0.5) is 0 Å². The van der Waals surface area contributed by atoms with E-state index in [1.165, 1.54) is 38.5 Å². The van der Waals surface area contributed by atoms with Crippen molar-refractivity contribution < 1.29 is 0 Å². The third kappa shape index (κ3) is 5.71. The largest absolute Gasteiger partial charge is 0.0914 e. The summed E-state index contributed by atoms with van der Waals surface area (Å²) in [5, 5.41) is 0. The summed E-state index contributed by atoms with van der Waals surface area (Å²) in [7, 11) is 0. The molecule has 2 unspecified atom stereocenters. The van der Waals surface area contributed by atoms with E-state index in [-0.39, 0.29) is 0 Å². The highest BCUT2D eigenvalue weighted by Gasteiger charge is 2.37. The lowest BCUT2D eigenvalue weighted by molar-refractivity contribution is 0.0983. The predicted octanol–water partition coefficient (Wildman–Crippen LogP) is 9.20. The lowest BCUT2D eigenvalue weighted by Gasteiger charge is -2.42. The molecule has 166 valence electrons. The zero-order chi connectivity index (χ0) is 20.1. The van der Waals surface area contributed by atoms with Crippen LogP contribution < -0.4 is 0 Å². The first kappa shape index (κ1) is 22.0. The van der Waals surface area contributed by atoms with Crippen molar-refractivity contribution >= 4 is 0 Å². The Bertz CT molecular complexity index is 480. The predicted molar refractivity (Wildman–Crippen MR) is 127 cm³/mol. The van der Waals surface area contributed by atoms with Crippen LogP contribution >= 0.6 is 0 Å². The molecular weight excluding hydrogens is 348 g/mol. The first-order chi connectivity index (χ1) is 14.3. The second-order valence-electron chi connectivity index (χ2n) is 11.8. The van der Waals surface area contributed by atoms with Gasteiger partial charge in [0, 0.05) is 0 Å². The molecule has 0 N–H and O–H groups in total. The van der Waals surface area contributed by atoms with Crippen molar-refractivity contribution in [1.82, 2.24) is 0 Å². The van der Waals surface area contributed by atoms with Crippen LogP contribution in [0.15, 0.2) is 12.2 Å². The Hall–Kier alpha value is -0.260. The highest BCUT2D eigenvalue weighted by Crippen LogP contribution is 2.49. The second kappa shape index (κ2) is 10.9. The Labute approximate surface area is 182 Å². The van der Waals surface area contributed by atoms with Crippen molar-refractivity contribution in [1.29, 1.82) is 0 Å². The Morgan fingerprint density at radius 3 is 1.41 bits per heavy atom. The van der Waals surface area contributed by atoms with Gasteiger partial charge in [-0.3, -0.25) is 0 Å². The standard InChI is InChI=1S/C29H50/c1-3-5-22-7-10-24(11-8-22)25-13-15-26(16-14-25)27-17-19-28(20-18-27)29-12-9-23(21-29)6-4-2/h3,5,22-29H,4,6-21H2,1-2H3/b5-3+. The second-order valence-corrected chi connectivity index (χ2v) is 11.8. The summed E-state index contributed by atoms with van der Waals surface area (Å²) in [6.07, 6.45) is 31.0. The zero-order valence-electron chi connectivity index (χ0n) is 19.8. The molecule has 0 heterocycles. The smallest absolute Gasteiger partial charge is 0.0233 e. The fraction of sp³-hybridized carbons (Fsp3) is 0.931. The van der Waals surface area contributed by atoms with Crippen LogP contribution in [0.25, 0.3) is 0 Å². The molecule has 2 atom stereocenters. The fourth-order valence-corrected chi connectivity index (χ4v) is 8.47. The average Bonchev–Trinajstić information content (AvgIpc) is 3.24. The van der Waals surface area contributed by atoms with E-state index in [0.29, 0.717) is 0 Å². The van der Waals surface area contributed by atoms with E-state index in [9.17, 15) is 0 Å². The van der Waals surface area contributed by atoms with E-state index in [4.69, 9.17) is 0 Å². The summed E-state index contributed by atoms with van der Waals surface area (Å²) in [5.41, 5.74) is 0. The molecule has 0 nitrogen and oxygen atoms in total. The molecule has 0 spiro atoms. The van der Waals surface area contributed by atoms with Crippen LogP contribution in [-0.2, 0) is 0 Å². The molecule has 4 rings (SSSR count). The van der Waals surface area contributed by atoms with Crippen LogP contribution in [0.1, 0.15) is 123 Å². The molecule has 4 aliphatic rings. The first-order valence-corrected chi connectivity index (χ1v) is 13.9. The van der Waals surface area contributed by atoms with Crippen LogP contribution in [0.2, 0.25) is 0 Å². The zero-order valence-corrected chi connectivity index (χ0v) is 19.8. The molecule has 0 aromatic rings. The molecule has 0 radical (unpaired) electrons. The monoisotopic (exact) mass is 398 g/mol. The van der Waals surface area contributed by atoms with Gasteiger partial charge in [-0.2, -0.15) is 0 Å². The molecule has 4 aliphatic carbocycles. The Balaban J connectivity index is 1.15. The van der Waals surface area contributed by atoms with Gasteiger partial charge in [0.15, 0.2) is 0 Å². The Morgan fingerprint density at radius 1 is 0.552 bits per heavy atom. The van der Waals surface area contributed by atoms with Gasteiger partial charge < -0.3 is 0 Å². The highest BCUT2D eigenvalue weighted by molar-refractivity contribution is 4.92. The van der Waals surface area contributed by atoms with Crippen LogP contribution in [-0.4, -0.2) is 0 Å². The van der Waals surface area contributed by atoms with E-state index in [0.717, 1.165) is 47.3 Å². The minimum Gasteiger partial charge on any atom is -0.0914 e. The molecule has 0 aliphatic heterocycles. The van der Waals surface area contributed by atoms with Crippen molar-refractivity contribution in [2.24, 2.45) is 47.3 Å². The van der Waals surface area contributed by atoms with Crippen molar-refractivity contribution in [2.45, 2.75) is 123 Å². The molecule has 4 saturated carbocycles. The molecule has 0 aromatic carbocycles. The summed E-state index contributed by atoms with van der Waals surface area (Å²) in [6, 6.07) is 0. The van der Waals surface area contributed by atoms with E-state index in [1.54, 1.807) is 70.6 Å². The quantitative estimate of drug-likeness (QED) is 0.391. The van der Waals surface area contributed by atoms with Gasteiger partial charge in [-0.05, 0) is 144 Å². The van der Waals surface area contributed by atoms with Gasteiger partial charge in [0.1, 0.15) is 0 Å². The summed E-state index contributed by atoms with van der Waals surface area (Å²) in [6.45, 7) is 4.57. The third-order valence-electron chi connectivity index (χ3n) is 10.2. The van der Waals surface area contributed by atoms with Crippen molar-refractivity contribution in [3.63, 3.8) is 0 Å². The summed E-state index contributed by atoms with van der Waals surface area (Å²) in [5.74, 6) is 8.58. The maximum atomic E-state index is 2.47. The summed E-state index contributed by atoms with van der Waals surface area (Å²) < 4.78 is 0. The maximum absolute atomic E-state index is 2.47. The minimum atomic E-state index is 0.903. The maximum Gasteiger partial charge on any atom is -0.0233 e. The number of allylic oxidation sites excluding steroid dienone is 2. The normalized spacial score (nSPS) is 44.3. The fourth-order valence-electron chi connectivity index (χ4n) is 8.47. The number of hydrogen-bond donors (Lipinski definition) is 0. The lowest BCUT2D eigenvalue weighted by atomic mass is 9.64. The summed E-state index contributed by atoms with van der Waals surface area (Å²) in [4.78, 5) is 0. The van der Waals surface area contributed by atoms with Crippen molar-refractivity contribution in [2.75, 3.05) is 0 Å². The Kier molecular flexibility index (Phi) is 8.22. The molecule has 0 amide bonds. The minimum absolute atomic E-state index is 0.903. The van der Waals surface area contributed by atoms with E-state index < -0.39 is 0 Å². The molecule has 0 heteroatoms. The molecule has 0 aromatic heterocycles.